The number of amides is 1. The molecule has 21 heavy (non-hydrogen) atoms. The number of hydrogen-bond donors (Lipinski definition) is 2. The first kappa shape index (κ1) is 15.5. The molecule has 0 atom stereocenters. The summed E-state index contributed by atoms with van der Waals surface area (Å²) in [5, 5.41) is 2.82. The van der Waals surface area contributed by atoms with E-state index in [1.165, 1.54) is 0 Å². The van der Waals surface area contributed by atoms with Crippen molar-refractivity contribution in [3.05, 3.63) is 58.1 Å². The van der Waals surface area contributed by atoms with E-state index in [1.54, 1.807) is 49.6 Å². The van der Waals surface area contributed by atoms with Gasteiger partial charge in [-0.3, -0.25) is 4.79 Å². The highest BCUT2D eigenvalue weighted by atomic mass is 79.9. The number of ether oxygens (including phenoxy) is 1. The van der Waals surface area contributed by atoms with Crippen LogP contribution in [0.15, 0.2) is 46.9 Å². The molecule has 0 unspecified atom stereocenters. The second kappa shape index (κ2) is 6.69. The predicted octanol–water partition coefficient (Wildman–Crippen LogP) is 3.34. The molecule has 0 aliphatic rings. The van der Waals surface area contributed by atoms with E-state index in [4.69, 9.17) is 22.7 Å². The summed E-state index contributed by atoms with van der Waals surface area (Å²) in [6.07, 6.45) is 0. The number of nitrogens with one attached hydrogen (secondary N) is 1. The smallest absolute Gasteiger partial charge is 0.255 e. The van der Waals surface area contributed by atoms with Crippen molar-refractivity contribution in [2.75, 3.05) is 12.4 Å². The molecule has 0 spiro atoms. The first-order valence-electron chi connectivity index (χ1n) is 6.06. The Morgan fingerprint density at radius 1 is 1.19 bits per heavy atom. The molecule has 4 nitrogen and oxygen atoms in total. The van der Waals surface area contributed by atoms with Crippen molar-refractivity contribution in [2.24, 2.45) is 5.73 Å². The van der Waals surface area contributed by atoms with Gasteiger partial charge in [-0.25, -0.2) is 0 Å². The molecule has 0 saturated carbocycles. The SMILES string of the molecule is COc1ccc(C(=O)Nc2ccc(C(N)=S)cc2Br)cc1. The van der Waals surface area contributed by atoms with Crippen LogP contribution < -0.4 is 15.8 Å². The largest absolute Gasteiger partial charge is 0.497 e. The molecule has 2 aromatic rings. The standard InChI is InChI=1S/C15H13BrN2O2S/c1-20-11-5-2-9(3-6-11)15(19)18-13-7-4-10(14(17)21)8-12(13)16/h2-8H,1H3,(H2,17,21)(H,18,19). The molecule has 108 valence electrons. The van der Waals surface area contributed by atoms with Crippen LogP contribution >= 0.6 is 28.1 Å². The lowest BCUT2D eigenvalue weighted by atomic mass is 10.1. The van der Waals surface area contributed by atoms with Gasteiger partial charge in [0.15, 0.2) is 0 Å². The lowest BCUT2D eigenvalue weighted by Gasteiger charge is -2.09. The lowest BCUT2D eigenvalue weighted by molar-refractivity contribution is 0.102. The van der Waals surface area contributed by atoms with Crippen LogP contribution in [0.4, 0.5) is 5.69 Å². The molecule has 0 aliphatic carbocycles. The van der Waals surface area contributed by atoms with Crippen LogP contribution in [-0.4, -0.2) is 18.0 Å². The van der Waals surface area contributed by atoms with Crippen LogP contribution in [0.1, 0.15) is 15.9 Å². The minimum Gasteiger partial charge on any atom is -0.497 e. The van der Waals surface area contributed by atoms with E-state index >= 15 is 0 Å². The van der Waals surface area contributed by atoms with Gasteiger partial charge >= 0.3 is 0 Å². The van der Waals surface area contributed by atoms with Gasteiger partial charge in [-0.2, -0.15) is 0 Å². The molecular formula is C15H13BrN2O2S. The molecular weight excluding hydrogens is 352 g/mol. The Balaban J connectivity index is 2.17. The fourth-order valence-corrected chi connectivity index (χ4v) is 2.31. The fourth-order valence-electron chi connectivity index (χ4n) is 1.71. The maximum absolute atomic E-state index is 12.2. The number of carbonyl (C=O) groups excluding carboxylic acids is 1. The number of carbonyl (C=O) groups is 1. The molecule has 0 heterocycles. The van der Waals surface area contributed by atoms with Crippen LogP contribution in [0.5, 0.6) is 5.75 Å². The van der Waals surface area contributed by atoms with Crippen LogP contribution in [-0.2, 0) is 0 Å². The Labute approximate surface area is 136 Å². The van der Waals surface area contributed by atoms with Crippen molar-refractivity contribution < 1.29 is 9.53 Å². The minimum atomic E-state index is -0.207. The first-order chi connectivity index (χ1) is 10.0. The quantitative estimate of drug-likeness (QED) is 0.816. The van der Waals surface area contributed by atoms with E-state index in [2.05, 4.69) is 21.2 Å². The zero-order valence-electron chi connectivity index (χ0n) is 11.2. The first-order valence-corrected chi connectivity index (χ1v) is 7.26. The number of benzene rings is 2. The highest BCUT2D eigenvalue weighted by Crippen LogP contribution is 2.24. The van der Waals surface area contributed by atoms with Crippen LogP contribution in [0.3, 0.4) is 0 Å². The Kier molecular flexibility index (Phi) is 4.93. The number of anilines is 1. The summed E-state index contributed by atoms with van der Waals surface area (Å²) >= 11 is 8.30. The Morgan fingerprint density at radius 3 is 2.33 bits per heavy atom. The molecule has 0 aromatic heterocycles. The topological polar surface area (TPSA) is 64.3 Å². The summed E-state index contributed by atoms with van der Waals surface area (Å²) in [6, 6.07) is 12.2. The van der Waals surface area contributed by atoms with Gasteiger partial charge in [0, 0.05) is 15.6 Å². The van der Waals surface area contributed by atoms with Gasteiger partial charge in [-0.05, 0) is 58.4 Å². The number of nitrogens with two attached hydrogens (primary N) is 1. The summed E-state index contributed by atoms with van der Waals surface area (Å²) < 4.78 is 5.78. The van der Waals surface area contributed by atoms with Crippen molar-refractivity contribution in [3.8, 4) is 5.75 Å². The van der Waals surface area contributed by atoms with Gasteiger partial charge in [0.2, 0.25) is 0 Å². The number of hydrogen-bond acceptors (Lipinski definition) is 3. The van der Waals surface area contributed by atoms with Crippen molar-refractivity contribution in [2.45, 2.75) is 0 Å². The molecule has 2 aromatic carbocycles. The Bertz CT molecular complexity index is 687. The van der Waals surface area contributed by atoms with E-state index in [-0.39, 0.29) is 5.91 Å². The molecule has 1 amide bonds. The van der Waals surface area contributed by atoms with Gasteiger partial charge in [-0.15, -0.1) is 0 Å². The maximum atomic E-state index is 12.2. The second-order valence-electron chi connectivity index (χ2n) is 4.24. The Morgan fingerprint density at radius 2 is 1.81 bits per heavy atom. The highest BCUT2D eigenvalue weighted by Gasteiger charge is 2.09. The summed E-state index contributed by atoms with van der Waals surface area (Å²) in [5.41, 5.74) is 7.49. The highest BCUT2D eigenvalue weighted by molar-refractivity contribution is 9.10. The van der Waals surface area contributed by atoms with Crippen molar-refractivity contribution in [1.82, 2.24) is 0 Å². The van der Waals surface area contributed by atoms with Crippen molar-refractivity contribution in [3.63, 3.8) is 0 Å². The van der Waals surface area contributed by atoms with Gasteiger partial charge in [0.05, 0.1) is 12.8 Å². The number of halogens is 1. The molecule has 0 radical (unpaired) electrons. The van der Waals surface area contributed by atoms with Gasteiger partial charge in [-0.1, -0.05) is 12.2 Å². The van der Waals surface area contributed by atoms with Gasteiger partial charge in [0.25, 0.3) is 5.91 Å². The second-order valence-corrected chi connectivity index (χ2v) is 5.54. The third kappa shape index (κ3) is 3.80. The van der Waals surface area contributed by atoms with Gasteiger partial charge in [0.1, 0.15) is 10.7 Å². The minimum absolute atomic E-state index is 0.207. The van der Waals surface area contributed by atoms with Crippen LogP contribution in [0.2, 0.25) is 0 Å². The van der Waals surface area contributed by atoms with E-state index in [0.29, 0.717) is 22.0 Å². The molecule has 2 rings (SSSR count). The van der Waals surface area contributed by atoms with Crippen LogP contribution in [0, 0.1) is 0 Å². The summed E-state index contributed by atoms with van der Waals surface area (Å²) in [4.78, 5) is 12.5. The lowest BCUT2D eigenvalue weighted by Crippen LogP contribution is -2.13. The summed E-state index contributed by atoms with van der Waals surface area (Å²) in [7, 11) is 1.58. The fraction of sp³-hybridized carbons (Fsp3) is 0.0667. The maximum Gasteiger partial charge on any atom is 0.255 e. The molecule has 3 N–H and O–H groups in total. The predicted molar refractivity (Wildman–Crippen MR) is 91.0 cm³/mol. The van der Waals surface area contributed by atoms with E-state index in [1.807, 2.05) is 0 Å². The van der Waals surface area contributed by atoms with Crippen molar-refractivity contribution in [1.29, 1.82) is 0 Å². The Hall–Kier alpha value is -1.92. The number of methoxy groups -OCH3 is 1. The molecule has 6 heteroatoms. The zero-order valence-corrected chi connectivity index (χ0v) is 13.6. The van der Waals surface area contributed by atoms with E-state index in [9.17, 15) is 4.79 Å². The monoisotopic (exact) mass is 364 g/mol. The average molecular weight is 365 g/mol. The zero-order chi connectivity index (χ0) is 15.4. The normalized spacial score (nSPS) is 10.0. The third-order valence-electron chi connectivity index (χ3n) is 2.85. The summed E-state index contributed by atoms with van der Waals surface area (Å²) in [5.74, 6) is 0.495. The van der Waals surface area contributed by atoms with Gasteiger partial charge < -0.3 is 15.8 Å². The molecule has 0 fully saturated rings. The average Bonchev–Trinajstić information content (AvgIpc) is 2.49. The van der Waals surface area contributed by atoms with Crippen molar-refractivity contribution >= 4 is 44.7 Å². The summed E-state index contributed by atoms with van der Waals surface area (Å²) in [6.45, 7) is 0. The van der Waals surface area contributed by atoms with E-state index < -0.39 is 0 Å². The molecule has 0 aliphatic heterocycles. The molecule has 0 saturated heterocycles. The third-order valence-corrected chi connectivity index (χ3v) is 3.75. The number of rotatable bonds is 4. The van der Waals surface area contributed by atoms with Crippen LogP contribution in [0.25, 0.3) is 0 Å². The van der Waals surface area contributed by atoms with E-state index in [0.717, 1.165) is 10.0 Å². The number of thiocarbonyl (C=S) groups is 1. The molecule has 0 bridgehead atoms.